The maximum atomic E-state index is 5.80. The van der Waals surface area contributed by atoms with Gasteiger partial charge in [0, 0.05) is 24.5 Å². The minimum Gasteiger partial charge on any atom is -0.326 e. The van der Waals surface area contributed by atoms with E-state index in [1.807, 2.05) is 53.4 Å². The van der Waals surface area contributed by atoms with Crippen molar-refractivity contribution >= 4 is 0 Å². The Morgan fingerprint density at radius 1 is 1.00 bits per heavy atom. The van der Waals surface area contributed by atoms with Crippen LogP contribution in [0.15, 0.2) is 61.3 Å². The standard InChI is InChI=1S/C15H14N4/c16-8-12-4-1-2-6-14(12)19-11-18-10-15(19)13-5-3-7-17-9-13/h1-7,9-11H,8,16H2. The number of pyridine rings is 1. The summed E-state index contributed by atoms with van der Waals surface area (Å²) in [7, 11) is 0. The first-order valence-corrected chi connectivity index (χ1v) is 6.11. The Morgan fingerprint density at radius 2 is 1.89 bits per heavy atom. The molecule has 0 atom stereocenters. The predicted molar refractivity (Wildman–Crippen MR) is 74.7 cm³/mol. The normalized spacial score (nSPS) is 10.6. The summed E-state index contributed by atoms with van der Waals surface area (Å²) in [6.45, 7) is 0.501. The van der Waals surface area contributed by atoms with E-state index in [-0.39, 0.29) is 0 Å². The molecule has 0 spiro atoms. The second kappa shape index (κ2) is 5.04. The zero-order chi connectivity index (χ0) is 13.1. The van der Waals surface area contributed by atoms with E-state index in [0.29, 0.717) is 6.54 Å². The van der Waals surface area contributed by atoms with Gasteiger partial charge in [-0.2, -0.15) is 0 Å². The Kier molecular flexibility index (Phi) is 3.08. The predicted octanol–water partition coefficient (Wildman–Crippen LogP) is 2.39. The van der Waals surface area contributed by atoms with Gasteiger partial charge in [0.25, 0.3) is 0 Å². The van der Waals surface area contributed by atoms with Crippen LogP contribution in [-0.2, 0) is 6.54 Å². The Labute approximate surface area is 111 Å². The van der Waals surface area contributed by atoms with Crippen LogP contribution in [0.1, 0.15) is 5.56 Å². The fraction of sp³-hybridized carbons (Fsp3) is 0.0667. The maximum absolute atomic E-state index is 5.80. The summed E-state index contributed by atoms with van der Waals surface area (Å²) < 4.78 is 2.04. The molecule has 0 radical (unpaired) electrons. The van der Waals surface area contributed by atoms with E-state index in [0.717, 1.165) is 22.5 Å². The molecule has 0 amide bonds. The molecular formula is C15H14N4. The van der Waals surface area contributed by atoms with Gasteiger partial charge >= 0.3 is 0 Å². The highest BCUT2D eigenvalue weighted by atomic mass is 15.1. The molecule has 0 bridgehead atoms. The van der Waals surface area contributed by atoms with Crippen LogP contribution < -0.4 is 5.73 Å². The summed E-state index contributed by atoms with van der Waals surface area (Å²) in [4.78, 5) is 8.40. The zero-order valence-corrected chi connectivity index (χ0v) is 10.4. The van der Waals surface area contributed by atoms with Gasteiger partial charge in [0.15, 0.2) is 0 Å². The van der Waals surface area contributed by atoms with Crippen molar-refractivity contribution < 1.29 is 0 Å². The molecule has 0 fully saturated rings. The number of aromatic nitrogens is 3. The minimum absolute atomic E-state index is 0.501. The molecule has 94 valence electrons. The minimum atomic E-state index is 0.501. The van der Waals surface area contributed by atoms with Gasteiger partial charge in [0.1, 0.15) is 0 Å². The number of nitrogens with two attached hydrogens (primary N) is 1. The molecule has 0 saturated heterocycles. The molecule has 4 heteroatoms. The van der Waals surface area contributed by atoms with Crippen molar-refractivity contribution in [2.24, 2.45) is 5.73 Å². The van der Waals surface area contributed by atoms with Crippen LogP contribution in [0.2, 0.25) is 0 Å². The molecule has 0 aliphatic rings. The maximum Gasteiger partial charge on any atom is 0.0997 e. The van der Waals surface area contributed by atoms with Crippen LogP contribution >= 0.6 is 0 Å². The van der Waals surface area contributed by atoms with Gasteiger partial charge in [-0.1, -0.05) is 18.2 Å². The molecule has 19 heavy (non-hydrogen) atoms. The number of hydrogen-bond acceptors (Lipinski definition) is 3. The van der Waals surface area contributed by atoms with Crippen molar-refractivity contribution in [3.05, 3.63) is 66.9 Å². The van der Waals surface area contributed by atoms with Crippen LogP contribution in [0.4, 0.5) is 0 Å². The lowest BCUT2D eigenvalue weighted by molar-refractivity contribution is 0.986. The molecule has 3 rings (SSSR count). The highest BCUT2D eigenvalue weighted by Crippen LogP contribution is 2.23. The quantitative estimate of drug-likeness (QED) is 0.776. The monoisotopic (exact) mass is 250 g/mol. The van der Waals surface area contributed by atoms with Crippen LogP contribution in [0.3, 0.4) is 0 Å². The van der Waals surface area contributed by atoms with E-state index >= 15 is 0 Å². The van der Waals surface area contributed by atoms with Gasteiger partial charge in [-0.3, -0.25) is 9.55 Å². The molecule has 2 heterocycles. The summed E-state index contributed by atoms with van der Waals surface area (Å²) in [6.07, 6.45) is 7.23. The fourth-order valence-electron chi connectivity index (χ4n) is 2.13. The van der Waals surface area contributed by atoms with Crippen molar-refractivity contribution in [2.75, 3.05) is 0 Å². The average Bonchev–Trinajstić information content (AvgIpc) is 2.97. The largest absolute Gasteiger partial charge is 0.326 e. The first-order valence-electron chi connectivity index (χ1n) is 6.11. The zero-order valence-electron chi connectivity index (χ0n) is 10.4. The molecule has 0 aliphatic heterocycles. The summed E-state index contributed by atoms with van der Waals surface area (Å²) in [5, 5.41) is 0. The molecule has 2 aromatic heterocycles. The van der Waals surface area contributed by atoms with Crippen LogP contribution in [0, 0.1) is 0 Å². The topological polar surface area (TPSA) is 56.7 Å². The van der Waals surface area contributed by atoms with Gasteiger partial charge in [0.05, 0.1) is 23.9 Å². The Balaban J connectivity index is 2.15. The van der Waals surface area contributed by atoms with Crippen LogP contribution in [-0.4, -0.2) is 14.5 Å². The SMILES string of the molecule is NCc1ccccc1-n1cncc1-c1cccnc1. The number of para-hydroxylation sites is 1. The van der Waals surface area contributed by atoms with Crippen LogP contribution in [0.5, 0.6) is 0 Å². The average molecular weight is 250 g/mol. The molecule has 0 unspecified atom stereocenters. The van der Waals surface area contributed by atoms with Gasteiger partial charge < -0.3 is 5.73 Å². The van der Waals surface area contributed by atoms with Gasteiger partial charge in [-0.15, -0.1) is 0 Å². The number of rotatable bonds is 3. The first-order chi connectivity index (χ1) is 9.40. The third kappa shape index (κ3) is 2.13. The molecule has 2 N–H and O–H groups in total. The van der Waals surface area contributed by atoms with Crippen LogP contribution in [0.25, 0.3) is 16.9 Å². The Morgan fingerprint density at radius 3 is 2.68 bits per heavy atom. The van der Waals surface area contributed by atoms with E-state index in [4.69, 9.17) is 5.73 Å². The van der Waals surface area contributed by atoms with Crippen molar-refractivity contribution in [2.45, 2.75) is 6.54 Å². The second-order valence-electron chi connectivity index (χ2n) is 4.22. The van der Waals surface area contributed by atoms with E-state index in [9.17, 15) is 0 Å². The first kappa shape index (κ1) is 11.6. The van der Waals surface area contributed by atoms with E-state index < -0.39 is 0 Å². The van der Waals surface area contributed by atoms with Crippen molar-refractivity contribution in [1.29, 1.82) is 0 Å². The lowest BCUT2D eigenvalue weighted by Gasteiger charge is -2.12. The lowest BCUT2D eigenvalue weighted by atomic mass is 10.1. The number of nitrogens with zero attached hydrogens (tertiary/aromatic N) is 3. The molecule has 1 aromatic carbocycles. The van der Waals surface area contributed by atoms with Crippen molar-refractivity contribution in [3.8, 4) is 16.9 Å². The molecule has 0 aliphatic carbocycles. The molecule has 3 aromatic rings. The van der Waals surface area contributed by atoms with Gasteiger partial charge in [-0.05, 0) is 23.8 Å². The third-order valence-electron chi connectivity index (χ3n) is 3.07. The Bertz CT molecular complexity index is 673. The van der Waals surface area contributed by atoms with E-state index in [2.05, 4.69) is 9.97 Å². The third-order valence-corrected chi connectivity index (χ3v) is 3.07. The number of imidazole rings is 1. The van der Waals surface area contributed by atoms with Gasteiger partial charge in [0.2, 0.25) is 0 Å². The van der Waals surface area contributed by atoms with Crippen molar-refractivity contribution in [1.82, 2.24) is 14.5 Å². The van der Waals surface area contributed by atoms with Gasteiger partial charge in [-0.25, -0.2) is 4.98 Å². The molecular weight excluding hydrogens is 236 g/mol. The highest BCUT2D eigenvalue weighted by Gasteiger charge is 2.09. The second-order valence-corrected chi connectivity index (χ2v) is 4.22. The number of hydrogen-bond donors (Lipinski definition) is 1. The molecule has 4 nitrogen and oxygen atoms in total. The fourth-order valence-corrected chi connectivity index (χ4v) is 2.13. The lowest BCUT2D eigenvalue weighted by Crippen LogP contribution is -2.04. The molecule has 0 saturated carbocycles. The number of benzene rings is 1. The van der Waals surface area contributed by atoms with E-state index in [1.54, 1.807) is 12.5 Å². The summed E-state index contributed by atoms with van der Waals surface area (Å²) >= 11 is 0. The van der Waals surface area contributed by atoms with Crippen molar-refractivity contribution in [3.63, 3.8) is 0 Å². The highest BCUT2D eigenvalue weighted by molar-refractivity contribution is 5.61. The smallest absolute Gasteiger partial charge is 0.0997 e. The van der Waals surface area contributed by atoms with E-state index in [1.165, 1.54) is 0 Å². The summed E-state index contributed by atoms with van der Waals surface area (Å²) in [6, 6.07) is 12.0. The summed E-state index contributed by atoms with van der Waals surface area (Å²) in [5.41, 5.74) is 9.99. The Hall–Kier alpha value is -2.46. The summed E-state index contributed by atoms with van der Waals surface area (Å²) in [5.74, 6) is 0.